The number of anilines is 1. The van der Waals surface area contributed by atoms with Gasteiger partial charge in [-0.05, 0) is 31.4 Å². The van der Waals surface area contributed by atoms with Crippen LogP contribution in [0.3, 0.4) is 0 Å². The Hall–Kier alpha value is -2.87. The zero-order chi connectivity index (χ0) is 18.3. The van der Waals surface area contributed by atoms with Gasteiger partial charge in [0.2, 0.25) is 5.95 Å². The van der Waals surface area contributed by atoms with Crippen molar-refractivity contribution in [1.82, 2.24) is 24.4 Å². The average molecular weight is 354 g/mol. The molecule has 26 heavy (non-hydrogen) atoms. The fourth-order valence-corrected chi connectivity index (χ4v) is 3.38. The van der Waals surface area contributed by atoms with Crippen LogP contribution in [0.1, 0.15) is 25.8 Å². The van der Waals surface area contributed by atoms with E-state index in [2.05, 4.69) is 27.2 Å². The Morgan fingerprint density at radius 1 is 1.38 bits per heavy atom. The average Bonchev–Trinajstić information content (AvgIpc) is 2.89. The molecule has 4 rings (SSSR count). The summed E-state index contributed by atoms with van der Waals surface area (Å²) in [5.74, 6) is 0.456. The van der Waals surface area contributed by atoms with Gasteiger partial charge in [0.05, 0.1) is 11.9 Å². The van der Waals surface area contributed by atoms with Gasteiger partial charge in [-0.3, -0.25) is 9.13 Å². The summed E-state index contributed by atoms with van der Waals surface area (Å²) < 4.78 is 8.81. The second kappa shape index (κ2) is 6.45. The maximum absolute atomic E-state index is 12.7. The predicted molar refractivity (Wildman–Crippen MR) is 99.6 cm³/mol. The zero-order valence-electron chi connectivity index (χ0n) is 15.0. The molecule has 0 aromatic carbocycles. The van der Waals surface area contributed by atoms with E-state index in [1.54, 1.807) is 22.4 Å². The van der Waals surface area contributed by atoms with Crippen LogP contribution in [-0.2, 0) is 11.8 Å². The fraction of sp³-hybridized carbons (Fsp3) is 0.389. The summed E-state index contributed by atoms with van der Waals surface area (Å²) in [6.07, 6.45) is 7.09. The number of fused-ring (bicyclic) bond motifs is 1. The number of aromatic nitrogens is 4. The molecule has 0 bridgehead atoms. The smallest absolute Gasteiger partial charge is 0.330 e. The van der Waals surface area contributed by atoms with Crippen molar-refractivity contribution >= 4 is 17.1 Å². The standard InChI is InChI=1S/C18H22N6O2/c1-11-8-12(2)19-9-14(11)21-17-20-10-15-16(22-17)24(18(25)23(15)3)13-4-6-26-7-5-13/h8-10,13,19H,2,4-7H2,1,3H3,(H,20,21,22). The molecule has 0 spiro atoms. The monoisotopic (exact) mass is 354 g/mol. The molecule has 2 aromatic heterocycles. The maximum Gasteiger partial charge on any atom is 0.330 e. The highest BCUT2D eigenvalue weighted by Crippen LogP contribution is 2.24. The number of imidazole rings is 1. The van der Waals surface area contributed by atoms with Crippen molar-refractivity contribution in [1.29, 1.82) is 0 Å². The molecule has 2 N–H and O–H groups in total. The topological polar surface area (TPSA) is 86.0 Å². The molecule has 8 nitrogen and oxygen atoms in total. The Morgan fingerprint density at radius 3 is 2.88 bits per heavy atom. The highest BCUT2D eigenvalue weighted by molar-refractivity contribution is 5.72. The van der Waals surface area contributed by atoms with Crippen LogP contribution in [0.5, 0.6) is 0 Å². The lowest BCUT2D eigenvalue weighted by Crippen LogP contribution is -2.30. The van der Waals surface area contributed by atoms with Crippen molar-refractivity contribution in [2.24, 2.45) is 7.05 Å². The molecule has 0 unspecified atom stereocenters. The molecule has 136 valence electrons. The van der Waals surface area contributed by atoms with E-state index in [9.17, 15) is 4.79 Å². The normalized spacial score (nSPS) is 18.5. The van der Waals surface area contributed by atoms with Gasteiger partial charge in [0.25, 0.3) is 0 Å². The highest BCUT2D eigenvalue weighted by Gasteiger charge is 2.23. The van der Waals surface area contributed by atoms with E-state index in [1.165, 1.54) is 0 Å². The Bertz CT molecular complexity index is 991. The minimum atomic E-state index is -0.0655. The van der Waals surface area contributed by atoms with Crippen LogP contribution in [0.2, 0.25) is 0 Å². The third kappa shape index (κ3) is 2.82. The largest absolute Gasteiger partial charge is 0.381 e. The summed E-state index contributed by atoms with van der Waals surface area (Å²) in [5.41, 5.74) is 4.05. The Kier molecular flexibility index (Phi) is 4.12. The van der Waals surface area contributed by atoms with Gasteiger partial charge in [-0.15, -0.1) is 0 Å². The van der Waals surface area contributed by atoms with Gasteiger partial charge >= 0.3 is 5.69 Å². The van der Waals surface area contributed by atoms with Crippen molar-refractivity contribution in [2.45, 2.75) is 25.8 Å². The van der Waals surface area contributed by atoms with E-state index in [-0.39, 0.29) is 11.7 Å². The second-order valence-corrected chi connectivity index (χ2v) is 6.64. The Labute approximate surface area is 150 Å². The molecule has 4 heterocycles. The summed E-state index contributed by atoms with van der Waals surface area (Å²) in [5, 5.41) is 6.29. The second-order valence-electron chi connectivity index (χ2n) is 6.64. The van der Waals surface area contributed by atoms with Gasteiger partial charge in [0.1, 0.15) is 5.52 Å². The summed E-state index contributed by atoms with van der Waals surface area (Å²) in [7, 11) is 1.75. The fourth-order valence-electron chi connectivity index (χ4n) is 3.38. The number of nitrogens with zero attached hydrogens (tertiary/aromatic N) is 4. The third-order valence-electron chi connectivity index (χ3n) is 4.85. The molecular formula is C18H22N6O2. The summed E-state index contributed by atoms with van der Waals surface area (Å²) in [6, 6.07) is 0.100. The Balaban J connectivity index is 1.73. The van der Waals surface area contributed by atoms with Crippen LogP contribution >= 0.6 is 0 Å². The van der Waals surface area contributed by atoms with Gasteiger partial charge in [-0.2, -0.15) is 4.98 Å². The number of hydrogen-bond acceptors (Lipinski definition) is 6. The highest BCUT2D eigenvalue weighted by atomic mass is 16.5. The first-order valence-corrected chi connectivity index (χ1v) is 8.67. The molecule has 0 amide bonds. The van der Waals surface area contributed by atoms with Crippen molar-refractivity contribution in [3.8, 4) is 0 Å². The van der Waals surface area contributed by atoms with Crippen LogP contribution < -0.4 is 16.3 Å². The number of nitrogens with one attached hydrogen (secondary N) is 2. The lowest BCUT2D eigenvalue weighted by molar-refractivity contribution is 0.0695. The van der Waals surface area contributed by atoms with E-state index < -0.39 is 0 Å². The van der Waals surface area contributed by atoms with E-state index >= 15 is 0 Å². The molecule has 0 saturated carbocycles. The first-order valence-electron chi connectivity index (χ1n) is 8.67. The molecule has 0 atom stereocenters. The van der Waals surface area contributed by atoms with E-state index in [1.807, 2.05) is 19.2 Å². The lowest BCUT2D eigenvalue weighted by atomic mass is 10.1. The van der Waals surface area contributed by atoms with Crippen LogP contribution in [0.25, 0.3) is 11.2 Å². The van der Waals surface area contributed by atoms with Crippen LogP contribution in [0.15, 0.2) is 46.8 Å². The van der Waals surface area contributed by atoms with Crippen LogP contribution in [0.4, 0.5) is 5.95 Å². The maximum atomic E-state index is 12.7. The molecule has 1 saturated heterocycles. The van der Waals surface area contributed by atoms with Gasteiger partial charge in [-0.25, -0.2) is 9.78 Å². The molecule has 2 aliphatic heterocycles. The lowest BCUT2D eigenvalue weighted by Gasteiger charge is -2.23. The molecule has 0 radical (unpaired) electrons. The summed E-state index contributed by atoms with van der Waals surface area (Å²) in [6.45, 7) is 7.20. The molecule has 1 fully saturated rings. The van der Waals surface area contributed by atoms with Crippen molar-refractivity contribution < 1.29 is 4.74 Å². The first kappa shape index (κ1) is 16.6. The van der Waals surface area contributed by atoms with Crippen molar-refractivity contribution in [2.75, 3.05) is 18.5 Å². The van der Waals surface area contributed by atoms with Gasteiger partial charge in [0.15, 0.2) is 5.65 Å². The number of allylic oxidation sites excluding steroid dienone is 2. The van der Waals surface area contributed by atoms with E-state index in [4.69, 9.17) is 4.74 Å². The molecular weight excluding hydrogens is 332 g/mol. The van der Waals surface area contributed by atoms with Gasteiger partial charge in [-0.1, -0.05) is 6.58 Å². The summed E-state index contributed by atoms with van der Waals surface area (Å²) >= 11 is 0. The summed E-state index contributed by atoms with van der Waals surface area (Å²) in [4.78, 5) is 21.8. The zero-order valence-corrected chi connectivity index (χ0v) is 15.0. The van der Waals surface area contributed by atoms with Crippen LogP contribution in [0, 0.1) is 0 Å². The van der Waals surface area contributed by atoms with Gasteiger partial charge < -0.3 is 15.4 Å². The first-order chi connectivity index (χ1) is 12.5. The SMILES string of the molecule is C=C1C=C(C)C(Nc2ncc3c(n2)n(C2CCOCC2)c(=O)n3C)=CN1. The molecule has 2 aromatic rings. The molecule has 8 heteroatoms. The van der Waals surface area contributed by atoms with E-state index in [0.717, 1.165) is 35.3 Å². The van der Waals surface area contributed by atoms with E-state index in [0.29, 0.717) is 24.8 Å². The predicted octanol–water partition coefficient (Wildman–Crippen LogP) is 1.80. The molecule has 2 aliphatic rings. The minimum absolute atomic E-state index is 0.0655. The minimum Gasteiger partial charge on any atom is -0.381 e. The van der Waals surface area contributed by atoms with Gasteiger partial charge in [0, 0.05) is 38.2 Å². The molecule has 0 aliphatic carbocycles. The number of dihydropyridines is 1. The number of aryl methyl sites for hydroxylation is 1. The quantitative estimate of drug-likeness (QED) is 0.874. The number of ether oxygens (including phenoxy) is 1. The number of rotatable bonds is 3. The van der Waals surface area contributed by atoms with Crippen molar-refractivity contribution in [3.63, 3.8) is 0 Å². The number of hydrogen-bond donors (Lipinski definition) is 2. The van der Waals surface area contributed by atoms with Crippen molar-refractivity contribution in [3.05, 3.63) is 52.5 Å². The van der Waals surface area contributed by atoms with Crippen LogP contribution in [-0.4, -0.2) is 32.3 Å². The Morgan fingerprint density at radius 2 is 2.15 bits per heavy atom. The third-order valence-corrected chi connectivity index (χ3v) is 4.85.